The van der Waals surface area contributed by atoms with Crippen LogP contribution in [0.5, 0.6) is 0 Å². The van der Waals surface area contributed by atoms with Crippen LogP contribution >= 0.6 is 0 Å². The maximum Gasteiger partial charge on any atom is 0.156 e. The van der Waals surface area contributed by atoms with E-state index in [0.29, 0.717) is 11.7 Å². The van der Waals surface area contributed by atoms with E-state index < -0.39 is 0 Å². The van der Waals surface area contributed by atoms with Crippen LogP contribution in [0.15, 0.2) is 36.3 Å². The highest BCUT2D eigenvalue weighted by atomic mass is 16.5. The van der Waals surface area contributed by atoms with Gasteiger partial charge in [0.05, 0.1) is 7.11 Å². The lowest BCUT2D eigenvalue weighted by Gasteiger charge is -2.16. The first kappa shape index (κ1) is 8.91. The standard InChI is InChI=1S/C10H14O2/c1-3-4-8-5-6-9(11)10(7-8)12-2/h3,6-8,11H,1,4-5H2,2H3. The van der Waals surface area contributed by atoms with Gasteiger partial charge in [0.25, 0.3) is 0 Å². The van der Waals surface area contributed by atoms with E-state index in [1.54, 1.807) is 13.2 Å². The number of methoxy groups -OCH3 is 1. The number of aliphatic hydroxyl groups is 1. The Bertz CT molecular complexity index is 226. The van der Waals surface area contributed by atoms with Gasteiger partial charge in [0, 0.05) is 0 Å². The lowest BCUT2D eigenvalue weighted by atomic mass is 9.96. The van der Waals surface area contributed by atoms with E-state index in [2.05, 4.69) is 6.58 Å². The largest absolute Gasteiger partial charge is 0.504 e. The molecule has 0 saturated heterocycles. The summed E-state index contributed by atoms with van der Waals surface area (Å²) in [6.45, 7) is 3.67. The predicted molar refractivity (Wildman–Crippen MR) is 48.7 cm³/mol. The van der Waals surface area contributed by atoms with Gasteiger partial charge in [-0.2, -0.15) is 0 Å². The van der Waals surface area contributed by atoms with Crippen molar-refractivity contribution in [3.63, 3.8) is 0 Å². The van der Waals surface area contributed by atoms with Crippen molar-refractivity contribution in [1.29, 1.82) is 0 Å². The fraction of sp³-hybridized carbons (Fsp3) is 0.400. The molecule has 0 amide bonds. The van der Waals surface area contributed by atoms with Gasteiger partial charge in [0.2, 0.25) is 0 Å². The van der Waals surface area contributed by atoms with Gasteiger partial charge in [-0.1, -0.05) is 6.08 Å². The Kier molecular flexibility index (Phi) is 2.97. The molecule has 0 spiro atoms. The van der Waals surface area contributed by atoms with E-state index in [0.717, 1.165) is 12.8 Å². The summed E-state index contributed by atoms with van der Waals surface area (Å²) < 4.78 is 4.99. The van der Waals surface area contributed by atoms with Gasteiger partial charge in [-0.3, -0.25) is 0 Å². The summed E-state index contributed by atoms with van der Waals surface area (Å²) in [6, 6.07) is 0. The van der Waals surface area contributed by atoms with Gasteiger partial charge in [-0.25, -0.2) is 0 Å². The van der Waals surface area contributed by atoms with Crippen LogP contribution in [0.4, 0.5) is 0 Å². The van der Waals surface area contributed by atoms with Crippen molar-refractivity contribution < 1.29 is 9.84 Å². The number of ether oxygens (including phenoxy) is 1. The number of hydrogen-bond acceptors (Lipinski definition) is 2. The van der Waals surface area contributed by atoms with E-state index in [1.165, 1.54) is 0 Å². The molecule has 1 aliphatic rings. The molecular weight excluding hydrogens is 152 g/mol. The lowest BCUT2D eigenvalue weighted by molar-refractivity contribution is 0.247. The van der Waals surface area contributed by atoms with Gasteiger partial charge in [0.1, 0.15) is 0 Å². The van der Waals surface area contributed by atoms with Gasteiger partial charge in [-0.05, 0) is 30.9 Å². The van der Waals surface area contributed by atoms with Crippen molar-refractivity contribution in [2.45, 2.75) is 12.8 Å². The van der Waals surface area contributed by atoms with Crippen LogP contribution in [-0.2, 0) is 4.74 Å². The molecule has 0 saturated carbocycles. The Balaban J connectivity index is 2.66. The molecule has 1 atom stereocenters. The van der Waals surface area contributed by atoms with Crippen molar-refractivity contribution in [3.05, 3.63) is 36.3 Å². The first-order chi connectivity index (χ1) is 5.77. The Hall–Kier alpha value is -1.18. The maximum atomic E-state index is 9.30. The van der Waals surface area contributed by atoms with Crippen LogP contribution in [0.25, 0.3) is 0 Å². The third kappa shape index (κ3) is 1.91. The highest BCUT2D eigenvalue weighted by molar-refractivity contribution is 5.24. The van der Waals surface area contributed by atoms with Gasteiger partial charge in [0.15, 0.2) is 11.5 Å². The second kappa shape index (κ2) is 4.00. The molecule has 1 rings (SSSR count). The average Bonchev–Trinajstić information content (AvgIpc) is 2.09. The van der Waals surface area contributed by atoms with Gasteiger partial charge >= 0.3 is 0 Å². The Morgan fingerprint density at radius 1 is 1.83 bits per heavy atom. The molecule has 0 fully saturated rings. The average molecular weight is 166 g/mol. The van der Waals surface area contributed by atoms with Crippen molar-refractivity contribution in [3.8, 4) is 0 Å². The summed E-state index contributed by atoms with van der Waals surface area (Å²) in [5.74, 6) is 1.25. The monoisotopic (exact) mass is 166 g/mol. The van der Waals surface area contributed by atoms with Crippen LogP contribution in [0, 0.1) is 5.92 Å². The summed E-state index contributed by atoms with van der Waals surface area (Å²) in [4.78, 5) is 0. The second-order valence-electron chi connectivity index (χ2n) is 2.84. The van der Waals surface area contributed by atoms with Crippen molar-refractivity contribution in [2.24, 2.45) is 5.92 Å². The molecule has 2 nitrogen and oxygen atoms in total. The van der Waals surface area contributed by atoms with Crippen molar-refractivity contribution >= 4 is 0 Å². The maximum absolute atomic E-state index is 9.30. The molecule has 0 aliphatic heterocycles. The Morgan fingerprint density at radius 2 is 2.58 bits per heavy atom. The molecule has 0 aromatic carbocycles. The molecule has 1 N–H and O–H groups in total. The summed E-state index contributed by atoms with van der Waals surface area (Å²) in [5.41, 5.74) is 0. The van der Waals surface area contributed by atoms with E-state index in [-0.39, 0.29) is 5.76 Å². The minimum atomic E-state index is 0.248. The Morgan fingerprint density at radius 3 is 3.17 bits per heavy atom. The minimum Gasteiger partial charge on any atom is -0.504 e. The topological polar surface area (TPSA) is 29.5 Å². The zero-order valence-corrected chi connectivity index (χ0v) is 7.29. The summed E-state index contributed by atoms with van der Waals surface area (Å²) in [5, 5.41) is 9.30. The van der Waals surface area contributed by atoms with Crippen LogP contribution in [0.1, 0.15) is 12.8 Å². The molecule has 1 aliphatic carbocycles. The van der Waals surface area contributed by atoms with Crippen LogP contribution in [-0.4, -0.2) is 12.2 Å². The third-order valence-electron chi connectivity index (χ3n) is 1.94. The minimum absolute atomic E-state index is 0.248. The third-order valence-corrected chi connectivity index (χ3v) is 1.94. The smallest absolute Gasteiger partial charge is 0.156 e. The van der Waals surface area contributed by atoms with E-state index >= 15 is 0 Å². The molecule has 0 aromatic rings. The number of rotatable bonds is 3. The van der Waals surface area contributed by atoms with E-state index in [1.807, 2.05) is 12.2 Å². The summed E-state index contributed by atoms with van der Waals surface area (Å²) in [7, 11) is 1.56. The molecule has 66 valence electrons. The first-order valence-electron chi connectivity index (χ1n) is 4.04. The molecule has 2 heteroatoms. The number of hydrogen-bond donors (Lipinski definition) is 1. The molecule has 0 aromatic heterocycles. The highest BCUT2D eigenvalue weighted by Crippen LogP contribution is 2.23. The molecule has 12 heavy (non-hydrogen) atoms. The normalized spacial score (nSPS) is 22.6. The second-order valence-corrected chi connectivity index (χ2v) is 2.84. The van der Waals surface area contributed by atoms with Crippen LogP contribution in [0.3, 0.4) is 0 Å². The fourth-order valence-corrected chi connectivity index (χ4v) is 1.28. The molecular formula is C10H14O2. The predicted octanol–water partition coefficient (Wildman–Crippen LogP) is 2.55. The first-order valence-corrected chi connectivity index (χ1v) is 4.04. The molecule has 0 bridgehead atoms. The van der Waals surface area contributed by atoms with E-state index in [4.69, 9.17) is 4.74 Å². The number of allylic oxidation sites excluding steroid dienone is 3. The fourth-order valence-electron chi connectivity index (χ4n) is 1.28. The zero-order valence-electron chi connectivity index (χ0n) is 7.29. The van der Waals surface area contributed by atoms with Gasteiger partial charge in [-0.15, -0.1) is 6.58 Å². The van der Waals surface area contributed by atoms with Gasteiger partial charge < -0.3 is 9.84 Å². The van der Waals surface area contributed by atoms with Crippen LogP contribution < -0.4 is 0 Å². The quantitative estimate of drug-likeness (QED) is 0.653. The SMILES string of the molecule is C=CCC1C=C(OC)C(O)=CC1. The molecule has 1 unspecified atom stereocenters. The molecule has 0 heterocycles. The Labute approximate surface area is 72.9 Å². The van der Waals surface area contributed by atoms with Crippen molar-refractivity contribution in [2.75, 3.05) is 7.11 Å². The summed E-state index contributed by atoms with van der Waals surface area (Å²) >= 11 is 0. The lowest BCUT2D eigenvalue weighted by Crippen LogP contribution is -2.04. The highest BCUT2D eigenvalue weighted by Gasteiger charge is 2.13. The zero-order chi connectivity index (χ0) is 8.97. The molecule has 0 radical (unpaired) electrons. The summed E-state index contributed by atoms with van der Waals surface area (Å²) in [6.07, 6.45) is 7.40. The number of aliphatic hydroxyl groups excluding tert-OH is 1. The van der Waals surface area contributed by atoms with Crippen LogP contribution in [0.2, 0.25) is 0 Å². The van der Waals surface area contributed by atoms with Crippen molar-refractivity contribution in [1.82, 2.24) is 0 Å². The van der Waals surface area contributed by atoms with E-state index in [9.17, 15) is 5.11 Å².